The second-order valence-corrected chi connectivity index (χ2v) is 8.26. The SMILES string of the molecule is CC(Cc1c[nH]c2ccccc12)(C(=O)NC(CO)C(O)c1ccccc1)c1[c]cccc1. The van der Waals surface area contributed by atoms with E-state index < -0.39 is 17.6 Å². The third-order valence-electron chi connectivity index (χ3n) is 6.06. The van der Waals surface area contributed by atoms with Gasteiger partial charge in [-0.3, -0.25) is 4.79 Å². The number of aromatic nitrogens is 1. The summed E-state index contributed by atoms with van der Waals surface area (Å²) in [5.74, 6) is -0.278. The summed E-state index contributed by atoms with van der Waals surface area (Å²) in [4.78, 5) is 16.9. The lowest BCUT2D eigenvalue weighted by Crippen LogP contribution is -2.51. The van der Waals surface area contributed by atoms with Gasteiger partial charge >= 0.3 is 0 Å². The molecular weight excluding hydrogens is 400 g/mol. The highest BCUT2D eigenvalue weighted by molar-refractivity contribution is 5.90. The fourth-order valence-corrected chi connectivity index (χ4v) is 4.13. The Kier molecular flexibility index (Phi) is 6.40. The van der Waals surface area contributed by atoms with Gasteiger partial charge in [-0.1, -0.05) is 72.8 Å². The summed E-state index contributed by atoms with van der Waals surface area (Å²) in [5.41, 5.74) is 2.44. The molecule has 3 unspecified atom stereocenters. The van der Waals surface area contributed by atoms with Crippen molar-refractivity contribution in [3.63, 3.8) is 0 Å². The molecule has 3 atom stereocenters. The molecule has 1 heterocycles. The average molecular weight is 428 g/mol. The van der Waals surface area contributed by atoms with Gasteiger partial charge in [0.2, 0.25) is 5.91 Å². The van der Waals surface area contributed by atoms with Crippen LogP contribution in [-0.4, -0.2) is 33.8 Å². The number of aliphatic hydroxyl groups excluding tert-OH is 2. The predicted molar refractivity (Wildman–Crippen MR) is 125 cm³/mol. The van der Waals surface area contributed by atoms with Crippen molar-refractivity contribution < 1.29 is 15.0 Å². The Morgan fingerprint density at radius 2 is 1.78 bits per heavy atom. The molecule has 0 saturated carbocycles. The van der Waals surface area contributed by atoms with Crippen LogP contribution in [0, 0.1) is 6.07 Å². The van der Waals surface area contributed by atoms with Crippen LogP contribution in [0.3, 0.4) is 0 Å². The first-order valence-corrected chi connectivity index (χ1v) is 10.7. The molecule has 5 heteroatoms. The number of fused-ring (bicyclic) bond motifs is 1. The van der Waals surface area contributed by atoms with Gasteiger partial charge in [0.15, 0.2) is 0 Å². The fraction of sp³-hybridized carbons (Fsp3) is 0.222. The van der Waals surface area contributed by atoms with Gasteiger partial charge in [0.05, 0.1) is 18.1 Å². The van der Waals surface area contributed by atoms with Gasteiger partial charge in [0.1, 0.15) is 6.10 Å². The molecule has 32 heavy (non-hydrogen) atoms. The van der Waals surface area contributed by atoms with E-state index in [0.717, 1.165) is 22.0 Å². The topological polar surface area (TPSA) is 85.4 Å². The zero-order chi connectivity index (χ0) is 22.6. The maximum absolute atomic E-state index is 13.7. The number of benzene rings is 3. The van der Waals surface area contributed by atoms with Crippen LogP contribution in [0.4, 0.5) is 0 Å². The van der Waals surface area contributed by atoms with Gasteiger partial charge in [-0.25, -0.2) is 0 Å². The van der Waals surface area contributed by atoms with Crippen molar-refractivity contribution >= 4 is 16.8 Å². The third-order valence-corrected chi connectivity index (χ3v) is 6.06. The monoisotopic (exact) mass is 427 g/mol. The number of amides is 1. The van der Waals surface area contributed by atoms with Crippen molar-refractivity contribution in [3.05, 3.63) is 108 Å². The summed E-state index contributed by atoms with van der Waals surface area (Å²) >= 11 is 0. The molecule has 163 valence electrons. The molecule has 5 nitrogen and oxygen atoms in total. The standard InChI is InChI=1S/C27H27N2O3/c1-27(21-12-6-3-7-13-21,16-20-17-28-23-15-9-8-14-22(20)23)26(32)29-24(18-30)25(31)19-10-4-2-5-11-19/h2-12,14-15,17,24-25,28,30-31H,16,18H2,1H3,(H,29,32). The highest BCUT2D eigenvalue weighted by atomic mass is 16.3. The molecule has 1 amide bonds. The Morgan fingerprint density at radius 1 is 1.06 bits per heavy atom. The van der Waals surface area contributed by atoms with Crippen molar-refractivity contribution in [3.8, 4) is 0 Å². The molecule has 3 aromatic carbocycles. The number of hydrogen-bond donors (Lipinski definition) is 4. The van der Waals surface area contributed by atoms with Crippen LogP contribution in [0.15, 0.2) is 85.1 Å². The van der Waals surface area contributed by atoms with Gasteiger partial charge in [-0.15, -0.1) is 0 Å². The van der Waals surface area contributed by atoms with Gasteiger partial charge in [0, 0.05) is 17.1 Å². The molecule has 1 aromatic heterocycles. The molecule has 0 aliphatic rings. The number of carbonyl (C=O) groups excluding carboxylic acids is 1. The number of hydrogen-bond acceptors (Lipinski definition) is 3. The average Bonchev–Trinajstić information content (AvgIpc) is 3.25. The van der Waals surface area contributed by atoms with E-state index in [0.29, 0.717) is 12.0 Å². The molecule has 0 spiro atoms. The minimum absolute atomic E-state index is 0.278. The van der Waals surface area contributed by atoms with E-state index in [-0.39, 0.29) is 12.5 Å². The molecule has 0 aliphatic heterocycles. The van der Waals surface area contributed by atoms with E-state index in [1.54, 1.807) is 18.2 Å². The molecule has 4 aromatic rings. The van der Waals surface area contributed by atoms with Crippen LogP contribution in [0.1, 0.15) is 29.7 Å². The first kappa shape index (κ1) is 21.8. The Bertz CT molecular complexity index is 1170. The van der Waals surface area contributed by atoms with E-state index >= 15 is 0 Å². The Hall–Kier alpha value is -3.41. The molecule has 1 radical (unpaired) electrons. The van der Waals surface area contributed by atoms with E-state index in [9.17, 15) is 15.0 Å². The van der Waals surface area contributed by atoms with E-state index in [4.69, 9.17) is 0 Å². The summed E-state index contributed by atoms with van der Waals surface area (Å²) in [6.45, 7) is 1.49. The summed E-state index contributed by atoms with van der Waals surface area (Å²) in [6, 6.07) is 26.8. The lowest BCUT2D eigenvalue weighted by atomic mass is 9.76. The first-order valence-electron chi connectivity index (χ1n) is 10.7. The Labute approximate surface area is 187 Å². The minimum atomic E-state index is -1.03. The van der Waals surface area contributed by atoms with Crippen LogP contribution in [0.5, 0.6) is 0 Å². The maximum atomic E-state index is 13.7. The zero-order valence-electron chi connectivity index (χ0n) is 18.0. The fourth-order valence-electron chi connectivity index (χ4n) is 4.13. The number of carbonyl (C=O) groups is 1. The van der Waals surface area contributed by atoms with Crippen molar-refractivity contribution in [2.24, 2.45) is 0 Å². The largest absolute Gasteiger partial charge is 0.394 e. The quantitative estimate of drug-likeness (QED) is 0.346. The lowest BCUT2D eigenvalue weighted by molar-refractivity contribution is -0.128. The van der Waals surface area contributed by atoms with Crippen molar-refractivity contribution in [1.82, 2.24) is 10.3 Å². The highest BCUT2D eigenvalue weighted by Crippen LogP contribution is 2.32. The first-order chi connectivity index (χ1) is 15.5. The van der Waals surface area contributed by atoms with Gasteiger partial charge in [-0.2, -0.15) is 0 Å². The normalized spacial score (nSPS) is 15.1. The Morgan fingerprint density at radius 3 is 2.50 bits per heavy atom. The second kappa shape index (κ2) is 9.39. The summed E-state index contributed by atoms with van der Waals surface area (Å²) < 4.78 is 0. The molecule has 0 fully saturated rings. The number of aromatic amines is 1. The van der Waals surface area contributed by atoms with Gasteiger partial charge < -0.3 is 20.5 Å². The number of nitrogens with one attached hydrogen (secondary N) is 2. The van der Waals surface area contributed by atoms with E-state index in [1.807, 2.05) is 73.8 Å². The molecule has 4 N–H and O–H groups in total. The van der Waals surface area contributed by atoms with E-state index in [2.05, 4.69) is 16.4 Å². The Balaban J connectivity index is 1.66. The van der Waals surface area contributed by atoms with Crippen LogP contribution in [0.25, 0.3) is 10.9 Å². The molecular formula is C27H27N2O3. The van der Waals surface area contributed by atoms with Crippen LogP contribution >= 0.6 is 0 Å². The van der Waals surface area contributed by atoms with Crippen LogP contribution in [-0.2, 0) is 16.6 Å². The molecule has 0 bridgehead atoms. The summed E-state index contributed by atoms with van der Waals surface area (Å²) in [7, 11) is 0. The smallest absolute Gasteiger partial charge is 0.231 e. The lowest BCUT2D eigenvalue weighted by Gasteiger charge is -2.32. The van der Waals surface area contributed by atoms with Crippen molar-refractivity contribution in [2.75, 3.05) is 6.61 Å². The maximum Gasteiger partial charge on any atom is 0.231 e. The third kappa shape index (κ3) is 4.31. The molecule has 0 saturated heterocycles. The van der Waals surface area contributed by atoms with Crippen molar-refractivity contribution in [2.45, 2.75) is 30.9 Å². The van der Waals surface area contributed by atoms with Crippen molar-refractivity contribution in [1.29, 1.82) is 0 Å². The van der Waals surface area contributed by atoms with E-state index in [1.165, 1.54) is 0 Å². The second-order valence-electron chi connectivity index (χ2n) is 8.26. The van der Waals surface area contributed by atoms with Crippen LogP contribution < -0.4 is 5.32 Å². The summed E-state index contributed by atoms with van der Waals surface area (Å²) in [6.07, 6.45) is 1.34. The van der Waals surface area contributed by atoms with Crippen LogP contribution in [0.2, 0.25) is 0 Å². The zero-order valence-corrected chi connectivity index (χ0v) is 18.0. The number of aliphatic hydroxyl groups is 2. The predicted octanol–water partition coefficient (Wildman–Crippen LogP) is 3.68. The van der Waals surface area contributed by atoms with Gasteiger partial charge in [0.25, 0.3) is 0 Å². The minimum Gasteiger partial charge on any atom is -0.394 e. The summed E-state index contributed by atoms with van der Waals surface area (Å²) in [5, 5.41) is 24.7. The van der Waals surface area contributed by atoms with Gasteiger partial charge in [-0.05, 0) is 42.2 Å². The molecule has 0 aliphatic carbocycles. The number of rotatable bonds is 8. The number of para-hydroxylation sites is 1. The highest BCUT2D eigenvalue weighted by Gasteiger charge is 2.38. The number of H-pyrrole nitrogens is 1. The molecule has 4 rings (SSSR count).